The summed E-state index contributed by atoms with van der Waals surface area (Å²) in [4.78, 5) is 4.69. The Kier molecular flexibility index (Phi) is 3.25. The maximum Gasteiger partial charge on any atom is 0.118 e. The molecule has 0 radical (unpaired) electrons. The number of nitrogens with zero attached hydrogens (tertiary/aromatic N) is 2. The van der Waals surface area contributed by atoms with Gasteiger partial charge in [-0.2, -0.15) is 0 Å². The molecular weight excluding hydrogens is 238 g/mol. The van der Waals surface area contributed by atoms with Crippen molar-refractivity contribution in [2.24, 2.45) is 5.73 Å². The summed E-state index contributed by atoms with van der Waals surface area (Å²) in [7, 11) is 1.68. The van der Waals surface area contributed by atoms with Crippen LogP contribution < -0.4 is 10.5 Å². The molecule has 0 spiro atoms. The molecule has 2 N–H and O–H groups in total. The summed E-state index contributed by atoms with van der Waals surface area (Å²) in [6.45, 7) is 0. The molecule has 1 aliphatic rings. The molecule has 1 atom stereocenters. The highest BCUT2D eigenvalue weighted by atomic mass is 16.5. The number of benzene rings is 1. The van der Waals surface area contributed by atoms with Gasteiger partial charge in [-0.3, -0.25) is 0 Å². The average molecular weight is 257 g/mol. The SMILES string of the molecule is COc1ccc(Cc2cn3c(n2)CCCC3N)cc1. The van der Waals surface area contributed by atoms with Crippen molar-refractivity contribution in [1.82, 2.24) is 9.55 Å². The Morgan fingerprint density at radius 1 is 1.37 bits per heavy atom. The van der Waals surface area contributed by atoms with Crippen molar-refractivity contribution in [2.75, 3.05) is 7.11 Å². The van der Waals surface area contributed by atoms with Gasteiger partial charge in [0, 0.05) is 19.0 Å². The summed E-state index contributed by atoms with van der Waals surface area (Å²) < 4.78 is 7.29. The quantitative estimate of drug-likeness (QED) is 0.917. The van der Waals surface area contributed by atoms with Crippen molar-refractivity contribution in [3.8, 4) is 5.75 Å². The summed E-state index contributed by atoms with van der Waals surface area (Å²) >= 11 is 0. The fourth-order valence-electron chi connectivity index (χ4n) is 2.61. The molecule has 1 unspecified atom stereocenters. The average Bonchev–Trinajstić information content (AvgIpc) is 2.84. The highest BCUT2D eigenvalue weighted by Gasteiger charge is 2.18. The monoisotopic (exact) mass is 257 g/mol. The molecule has 3 rings (SSSR count). The summed E-state index contributed by atoms with van der Waals surface area (Å²) in [5, 5.41) is 0. The van der Waals surface area contributed by atoms with E-state index in [9.17, 15) is 0 Å². The van der Waals surface area contributed by atoms with Crippen molar-refractivity contribution in [2.45, 2.75) is 31.8 Å². The lowest BCUT2D eigenvalue weighted by molar-refractivity contribution is 0.408. The van der Waals surface area contributed by atoms with E-state index in [1.165, 1.54) is 5.56 Å². The molecule has 1 aromatic heterocycles. The number of aryl methyl sites for hydroxylation is 1. The zero-order valence-electron chi connectivity index (χ0n) is 11.2. The van der Waals surface area contributed by atoms with Crippen LogP contribution in [0.4, 0.5) is 0 Å². The minimum absolute atomic E-state index is 0.0980. The molecular formula is C15H19N3O. The zero-order valence-corrected chi connectivity index (χ0v) is 11.2. The van der Waals surface area contributed by atoms with Gasteiger partial charge in [-0.15, -0.1) is 0 Å². The van der Waals surface area contributed by atoms with Gasteiger partial charge in [0.05, 0.1) is 19.0 Å². The first-order chi connectivity index (χ1) is 9.26. The van der Waals surface area contributed by atoms with Gasteiger partial charge in [-0.25, -0.2) is 4.98 Å². The zero-order chi connectivity index (χ0) is 13.2. The van der Waals surface area contributed by atoms with Crippen molar-refractivity contribution >= 4 is 0 Å². The maximum atomic E-state index is 6.10. The largest absolute Gasteiger partial charge is 0.497 e. The number of hydrogen-bond donors (Lipinski definition) is 1. The fourth-order valence-corrected chi connectivity index (χ4v) is 2.61. The van der Waals surface area contributed by atoms with E-state index in [1.807, 2.05) is 12.1 Å². The number of hydrogen-bond acceptors (Lipinski definition) is 3. The van der Waals surface area contributed by atoms with E-state index in [2.05, 4.69) is 22.9 Å². The summed E-state index contributed by atoms with van der Waals surface area (Å²) in [5.74, 6) is 2.01. The van der Waals surface area contributed by atoms with Gasteiger partial charge in [-0.05, 0) is 30.5 Å². The van der Waals surface area contributed by atoms with Gasteiger partial charge >= 0.3 is 0 Å². The molecule has 0 fully saturated rings. The van der Waals surface area contributed by atoms with Gasteiger partial charge in [-0.1, -0.05) is 12.1 Å². The molecule has 0 saturated carbocycles. The van der Waals surface area contributed by atoms with Crippen LogP contribution in [0.2, 0.25) is 0 Å². The Morgan fingerprint density at radius 2 is 2.16 bits per heavy atom. The van der Waals surface area contributed by atoms with Gasteiger partial charge < -0.3 is 15.0 Å². The Bertz CT molecular complexity index is 559. The van der Waals surface area contributed by atoms with Crippen LogP contribution in [0.5, 0.6) is 5.75 Å². The predicted molar refractivity (Wildman–Crippen MR) is 74.2 cm³/mol. The standard InChI is InChI=1S/C15H19N3O/c1-19-13-7-5-11(6-8-13)9-12-10-18-14(16)3-2-4-15(18)17-12/h5-8,10,14H,2-4,9,16H2,1H3. The van der Waals surface area contributed by atoms with Crippen LogP contribution in [-0.4, -0.2) is 16.7 Å². The summed E-state index contributed by atoms with van der Waals surface area (Å²) in [6.07, 6.45) is 6.27. The van der Waals surface area contributed by atoms with Crippen LogP contribution in [0.3, 0.4) is 0 Å². The predicted octanol–water partition coefficient (Wildman–Crippen LogP) is 2.28. The van der Waals surface area contributed by atoms with Crippen molar-refractivity contribution in [3.05, 3.63) is 47.5 Å². The van der Waals surface area contributed by atoms with Crippen LogP contribution in [0.15, 0.2) is 30.5 Å². The first-order valence-electron chi connectivity index (χ1n) is 6.71. The summed E-state index contributed by atoms with van der Waals surface area (Å²) in [5.41, 5.74) is 8.43. The van der Waals surface area contributed by atoms with E-state index < -0.39 is 0 Å². The molecule has 0 amide bonds. The molecule has 1 aliphatic heterocycles. The fraction of sp³-hybridized carbons (Fsp3) is 0.400. The highest BCUT2D eigenvalue weighted by Crippen LogP contribution is 2.22. The van der Waals surface area contributed by atoms with Crippen LogP contribution in [0.1, 0.15) is 36.1 Å². The maximum absolute atomic E-state index is 6.10. The topological polar surface area (TPSA) is 53.1 Å². The Labute approximate surface area is 113 Å². The van der Waals surface area contributed by atoms with Gasteiger partial charge in [0.2, 0.25) is 0 Å². The highest BCUT2D eigenvalue weighted by molar-refractivity contribution is 5.29. The lowest BCUT2D eigenvalue weighted by Gasteiger charge is -2.20. The second kappa shape index (κ2) is 5.05. The molecule has 0 saturated heterocycles. The van der Waals surface area contributed by atoms with Crippen LogP contribution in [-0.2, 0) is 12.8 Å². The molecule has 19 heavy (non-hydrogen) atoms. The molecule has 4 nitrogen and oxygen atoms in total. The molecule has 4 heteroatoms. The Hall–Kier alpha value is -1.81. The van der Waals surface area contributed by atoms with Crippen LogP contribution in [0, 0.1) is 0 Å². The van der Waals surface area contributed by atoms with E-state index in [4.69, 9.17) is 15.5 Å². The van der Waals surface area contributed by atoms with Crippen molar-refractivity contribution in [3.63, 3.8) is 0 Å². The van der Waals surface area contributed by atoms with Crippen LogP contribution >= 0.6 is 0 Å². The molecule has 0 bridgehead atoms. The van der Waals surface area contributed by atoms with E-state index in [-0.39, 0.29) is 6.17 Å². The molecule has 2 aromatic rings. The molecule has 0 aliphatic carbocycles. The Balaban J connectivity index is 1.79. The second-order valence-electron chi connectivity index (χ2n) is 5.04. The smallest absolute Gasteiger partial charge is 0.118 e. The number of imidazole rings is 1. The first kappa shape index (κ1) is 12.2. The minimum atomic E-state index is 0.0980. The number of aromatic nitrogens is 2. The van der Waals surface area contributed by atoms with E-state index in [0.29, 0.717) is 0 Å². The number of ether oxygens (including phenoxy) is 1. The van der Waals surface area contributed by atoms with Crippen molar-refractivity contribution in [1.29, 1.82) is 0 Å². The van der Waals surface area contributed by atoms with E-state index in [0.717, 1.165) is 43.0 Å². The van der Waals surface area contributed by atoms with Gasteiger partial charge in [0.15, 0.2) is 0 Å². The molecule has 1 aromatic carbocycles. The number of fused-ring (bicyclic) bond motifs is 1. The minimum Gasteiger partial charge on any atom is -0.497 e. The molecule has 2 heterocycles. The van der Waals surface area contributed by atoms with Gasteiger partial charge in [0.1, 0.15) is 11.6 Å². The van der Waals surface area contributed by atoms with E-state index >= 15 is 0 Å². The second-order valence-corrected chi connectivity index (χ2v) is 5.04. The lowest BCUT2D eigenvalue weighted by Crippen LogP contribution is -2.24. The third-order valence-corrected chi connectivity index (χ3v) is 3.66. The van der Waals surface area contributed by atoms with Crippen LogP contribution in [0.25, 0.3) is 0 Å². The van der Waals surface area contributed by atoms with Gasteiger partial charge in [0.25, 0.3) is 0 Å². The van der Waals surface area contributed by atoms with Crippen molar-refractivity contribution < 1.29 is 4.74 Å². The molecule has 100 valence electrons. The Morgan fingerprint density at radius 3 is 2.84 bits per heavy atom. The summed E-state index contributed by atoms with van der Waals surface area (Å²) in [6, 6.07) is 8.13. The number of rotatable bonds is 3. The third-order valence-electron chi connectivity index (χ3n) is 3.66. The normalized spacial score (nSPS) is 18.1. The number of methoxy groups -OCH3 is 1. The van der Waals surface area contributed by atoms with E-state index in [1.54, 1.807) is 7.11 Å². The lowest BCUT2D eigenvalue weighted by atomic mass is 10.1. The first-order valence-corrected chi connectivity index (χ1v) is 6.71. The third kappa shape index (κ3) is 2.49. The number of nitrogens with two attached hydrogens (primary N) is 1.